The summed E-state index contributed by atoms with van der Waals surface area (Å²) in [5.74, 6) is -5.20. The lowest BCUT2D eigenvalue weighted by Gasteiger charge is -2.16. The lowest BCUT2D eigenvalue weighted by Crippen LogP contribution is -2.35. The Morgan fingerprint density at radius 3 is 1.89 bits per heavy atom. The molecule has 0 amide bonds. The molecule has 104 valence electrons. The lowest BCUT2D eigenvalue weighted by atomic mass is 10.2. The van der Waals surface area contributed by atoms with Gasteiger partial charge in [-0.25, -0.2) is 9.59 Å². The van der Waals surface area contributed by atoms with Crippen LogP contribution in [0.5, 0.6) is 0 Å². The van der Waals surface area contributed by atoms with Gasteiger partial charge in [-0.05, 0) is 6.92 Å². The first-order valence-corrected chi connectivity index (χ1v) is 4.85. The molecule has 0 fully saturated rings. The summed E-state index contributed by atoms with van der Waals surface area (Å²) in [6.45, 7) is 0.224. The second kappa shape index (κ2) is 7.58. The zero-order chi connectivity index (χ0) is 14.3. The number of hydrogen-bond acceptors (Lipinski definition) is 6. The summed E-state index contributed by atoms with van der Waals surface area (Å²) in [5, 5.41) is 34.3. The fourth-order valence-electron chi connectivity index (χ4n) is 0.772. The highest BCUT2D eigenvalue weighted by Gasteiger charge is 2.24. The van der Waals surface area contributed by atoms with Crippen LogP contribution in [0.25, 0.3) is 0 Å². The van der Waals surface area contributed by atoms with Crippen molar-refractivity contribution < 1.29 is 44.3 Å². The third kappa shape index (κ3) is 6.13. The fraction of sp³-hybridized carbons (Fsp3) is 0.667. The number of aliphatic hydroxyl groups excluding tert-OH is 1. The van der Waals surface area contributed by atoms with Crippen LogP contribution in [0.1, 0.15) is 6.92 Å². The van der Waals surface area contributed by atoms with Crippen LogP contribution in [0, 0.1) is 5.92 Å². The topological polar surface area (TPSA) is 151 Å². The minimum absolute atomic E-state index is 0.376. The van der Waals surface area contributed by atoms with E-state index in [4.69, 9.17) is 25.2 Å². The molecule has 3 unspecified atom stereocenters. The van der Waals surface area contributed by atoms with Crippen LogP contribution in [0.4, 0.5) is 0 Å². The van der Waals surface area contributed by atoms with Crippen molar-refractivity contribution >= 4 is 17.9 Å². The van der Waals surface area contributed by atoms with Crippen molar-refractivity contribution in [2.45, 2.75) is 19.3 Å². The van der Waals surface area contributed by atoms with E-state index in [2.05, 4.69) is 4.74 Å². The first-order valence-electron chi connectivity index (χ1n) is 4.85. The van der Waals surface area contributed by atoms with E-state index in [-0.39, 0.29) is 6.61 Å². The molecule has 9 nitrogen and oxygen atoms in total. The second-order valence-electron chi connectivity index (χ2n) is 3.42. The first-order chi connectivity index (χ1) is 8.25. The van der Waals surface area contributed by atoms with E-state index in [1.165, 1.54) is 6.92 Å². The maximum Gasteiger partial charge on any atom is 0.360 e. The van der Waals surface area contributed by atoms with Crippen molar-refractivity contribution in [1.29, 1.82) is 0 Å². The second-order valence-corrected chi connectivity index (χ2v) is 3.42. The first kappa shape index (κ1) is 16.3. The number of ether oxygens (including phenoxy) is 2. The van der Waals surface area contributed by atoms with Crippen molar-refractivity contribution in [2.75, 3.05) is 13.2 Å². The summed E-state index contributed by atoms with van der Waals surface area (Å²) in [4.78, 5) is 31.3. The fourth-order valence-corrected chi connectivity index (χ4v) is 0.772. The number of aliphatic hydroxyl groups is 1. The number of carbonyl (C=O) groups is 3. The molecule has 0 radical (unpaired) electrons. The molecule has 0 saturated heterocycles. The molecule has 18 heavy (non-hydrogen) atoms. The highest BCUT2D eigenvalue weighted by atomic mass is 16.6. The van der Waals surface area contributed by atoms with Crippen molar-refractivity contribution in [3.8, 4) is 0 Å². The summed E-state index contributed by atoms with van der Waals surface area (Å²) in [6.07, 6.45) is -3.71. The van der Waals surface area contributed by atoms with Gasteiger partial charge in [0.05, 0.1) is 19.1 Å². The Morgan fingerprint density at radius 1 is 0.944 bits per heavy atom. The van der Waals surface area contributed by atoms with Crippen LogP contribution in [-0.2, 0) is 23.9 Å². The van der Waals surface area contributed by atoms with Gasteiger partial charge in [0.15, 0.2) is 6.10 Å². The van der Waals surface area contributed by atoms with Crippen molar-refractivity contribution in [3.05, 3.63) is 0 Å². The van der Waals surface area contributed by atoms with Crippen molar-refractivity contribution in [2.24, 2.45) is 5.92 Å². The maximum atomic E-state index is 10.7. The van der Waals surface area contributed by atoms with E-state index in [0.29, 0.717) is 0 Å². The predicted molar refractivity (Wildman–Crippen MR) is 53.8 cm³/mol. The Bertz CT molecular complexity index is 289. The normalized spacial score (nSPS) is 15.7. The van der Waals surface area contributed by atoms with Crippen LogP contribution < -0.4 is 0 Å². The van der Waals surface area contributed by atoms with E-state index in [1.807, 2.05) is 0 Å². The Kier molecular flexibility index (Phi) is 6.86. The van der Waals surface area contributed by atoms with Crippen LogP contribution in [-0.4, -0.2) is 63.9 Å². The van der Waals surface area contributed by atoms with Gasteiger partial charge in [0, 0.05) is 0 Å². The van der Waals surface area contributed by atoms with Gasteiger partial charge in [0.2, 0.25) is 0 Å². The van der Waals surface area contributed by atoms with Crippen molar-refractivity contribution in [1.82, 2.24) is 0 Å². The predicted octanol–water partition coefficient (Wildman–Crippen LogP) is -1.40. The summed E-state index contributed by atoms with van der Waals surface area (Å²) in [6, 6.07) is 0. The Labute approximate surface area is 102 Å². The molecule has 0 saturated carbocycles. The van der Waals surface area contributed by atoms with Gasteiger partial charge in [-0.15, -0.1) is 0 Å². The monoisotopic (exact) mass is 266 g/mol. The minimum atomic E-state index is -2.16. The molecule has 0 aromatic heterocycles. The Hall–Kier alpha value is -1.71. The van der Waals surface area contributed by atoms with Crippen LogP contribution >= 0.6 is 0 Å². The molecule has 0 aliphatic rings. The summed E-state index contributed by atoms with van der Waals surface area (Å²) in [5.41, 5.74) is 0. The molecule has 0 aromatic carbocycles. The molecule has 0 heterocycles. The van der Waals surface area contributed by atoms with Gasteiger partial charge in [-0.1, -0.05) is 0 Å². The van der Waals surface area contributed by atoms with Gasteiger partial charge in [-0.3, -0.25) is 4.79 Å². The number of carboxylic acids is 3. The Morgan fingerprint density at radius 2 is 1.50 bits per heavy atom. The van der Waals surface area contributed by atoms with Crippen LogP contribution in [0.2, 0.25) is 0 Å². The summed E-state index contributed by atoms with van der Waals surface area (Å²) >= 11 is 0. The largest absolute Gasteiger partial charge is 0.481 e. The number of hydrogen-bond donors (Lipinski definition) is 4. The highest BCUT2D eigenvalue weighted by molar-refractivity contribution is 5.73. The highest BCUT2D eigenvalue weighted by Crippen LogP contribution is 2.02. The molecule has 0 spiro atoms. The van der Waals surface area contributed by atoms with Gasteiger partial charge in [0.25, 0.3) is 6.29 Å². The van der Waals surface area contributed by atoms with Gasteiger partial charge < -0.3 is 29.9 Å². The molecular weight excluding hydrogens is 252 g/mol. The average molecular weight is 266 g/mol. The van der Waals surface area contributed by atoms with Gasteiger partial charge in [-0.2, -0.15) is 0 Å². The zero-order valence-corrected chi connectivity index (χ0v) is 9.48. The van der Waals surface area contributed by atoms with E-state index in [1.54, 1.807) is 0 Å². The molecule has 0 rings (SSSR count). The van der Waals surface area contributed by atoms with E-state index < -0.39 is 42.8 Å². The van der Waals surface area contributed by atoms with Crippen LogP contribution in [0.3, 0.4) is 0 Å². The lowest BCUT2D eigenvalue weighted by molar-refractivity contribution is -0.188. The molecule has 0 aliphatic heterocycles. The molecule has 9 heteroatoms. The van der Waals surface area contributed by atoms with Crippen LogP contribution in [0.15, 0.2) is 0 Å². The standard InChI is InChI=1S/C9H14O9/c1-4(6(10)11)2-17-5(7(12)13)3-18-9(16)8(14)15/h4-5,9,16H,2-3H2,1H3,(H,10,11)(H,12,13)(H,14,15). The molecule has 0 aliphatic carbocycles. The average Bonchev–Trinajstić information content (AvgIpc) is 2.27. The van der Waals surface area contributed by atoms with Gasteiger partial charge in [0.1, 0.15) is 0 Å². The number of aliphatic carboxylic acids is 3. The molecule has 0 bridgehead atoms. The SMILES string of the molecule is CC(COC(COC(O)C(=O)O)C(=O)O)C(=O)O. The summed E-state index contributed by atoms with van der Waals surface area (Å²) in [7, 11) is 0. The molecule has 3 atom stereocenters. The third-order valence-electron chi connectivity index (χ3n) is 1.86. The molecular formula is C9H14O9. The Balaban J connectivity index is 4.20. The smallest absolute Gasteiger partial charge is 0.360 e. The summed E-state index contributed by atoms with van der Waals surface area (Å²) < 4.78 is 9.07. The van der Waals surface area contributed by atoms with Gasteiger partial charge >= 0.3 is 17.9 Å². The van der Waals surface area contributed by atoms with E-state index >= 15 is 0 Å². The van der Waals surface area contributed by atoms with E-state index in [9.17, 15) is 14.4 Å². The third-order valence-corrected chi connectivity index (χ3v) is 1.86. The number of carboxylic acid groups (broad SMARTS) is 3. The van der Waals surface area contributed by atoms with E-state index in [0.717, 1.165) is 0 Å². The zero-order valence-electron chi connectivity index (χ0n) is 9.48. The molecule has 4 N–H and O–H groups in total. The maximum absolute atomic E-state index is 10.7. The minimum Gasteiger partial charge on any atom is -0.481 e. The quantitative estimate of drug-likeness (QED) is 0.369. The number of rotatable bonds is 9. The van der Waals surface area contributed by atoms with Crippen molar-refractivity contribution in [3.63, 3.8) is 0 Å². The molecule has 0 aromatic rings.